The van der Waals surface area contributed by atoms with Crippen LogP contribution < -0.4 is 5.32 Å². The van der Waals surface area contributed by atoms with Gasteiger partial charge in [-0.1, -0.05) is 24.4 Å². The molecule has 2 N–H and O–H groups in total. The molecule has 0 amide bonds. The third-order valence-electron chi connectivity index (χ3n) is 3.50. The van der Waals surface area contributed by atoms with E-state index >= 15 is 0 Å². The Labute approximate surface area is 106 Å². The Morgan fingerprint density at radius 2 is 2.12 bits per heavy atom. The van der Waals surface area contributed by atoms with Crippen molar-refractivity contribution >= 4 is 17.4 Å². The van der Waals surface area contributed by atoms with Gasteiger partial charge in [-0.2, -0.15) is 0 Å². The van der Waals surface area contributed by atoms with Crippen molar-refractivity contribution in [2.75, 3.05) is 18.5 Å². The number of nitrogens with one attached hydrogen (secondary N) is 1. The molecule has 1 saturated carbocycles. The fourth-order valence-corrected chi connectivity index (χ4v) is 2.64. The molecule has 1 aliphatic carbocycles. The lowest BCUT2D eigenvalue weighted by Crippen LogP contribution is -2.28. The fourth-order valence-electron chi connectivity index (χ4n) is 2.46. The summed E-state index contributed by atoms with van der Waals surface area (Å²) in [7, 11) is 0. The number of aliphatic hydroxyl groups is 1. The standard InChI is InChI=1S/C12H18ClN3O/c13-11-6-14-8-16-12(11)15-5-9-3-1-2-4-10(9)7-17/h6,8-10,17H,1-5,7H2,(H,14,15,16). The van der Waals surface area contributed by atoms with E-state index in [2.05, 4.69) is 15.3 Å². The minimum atomic E-state index is 0.282. The molecule has 1 aliphatic rings. The van der Waals surface area contributed by atoms with Crippen LogP contribution in [0.4, 0.5) is 5.82 Å². The van der Waals surface area contributed by atoms with Crippen LogP contribution in [0, 0.1) is 11.8 Å². The van der Waals surface area contributed by atoms with E-state index in [1.165, 1.54) is 25.6 Å². The Morgan fingerprint density at radius 3 is 2.82 bits per heavy atom. The molecule has 0 saturated heterocycles. The molecular weight excluding hydrogens is 238 g/mol. The van der Waals surface area contributed by atoms with E-state index in [1.54, 1.807) is 6.20 Å². The van der Waals surface area contributed by atoms with E-state index in [-0.39, 0.29) is 6.61 Å². The van der Waals surface area contributed by atoms with E-state index in [0.29, 0.717) is 22.7 Å². The van der Waals surface area contributed by atoms with Crippen LogP contribution in [0.3, 0.4) is 0 Å². The average Bonchev–Trinajstić information content (AvgIpc) is 2.38. The monoisotopic (exact) mass is 255 g/mol. The van der Waals surface area contributed by atoms with Crippen molar-refractivity contribution in [2.24, 2.45) is 11.8 Å². The summed E-state index contributed by atoms with van der Waals surface area (Å²) in [5.74, 6) is 1.61. The van der Waals surface area contributed by atoms with Gasteiger partial charge in [-0.3, -0.25) is 0 Å². The molecule has 1 heterocycles. The first-order chi connectivity index (χ1) is 8.31. The summed E-state index contributed by atoms with van der Waals surface area (Å²) in [5.41, 5.74) is 0. The van der Waals surface area contributed by atoms with Crippen LogP contribution in [0.5, 0.6) is 0 Å². The van der Waals surface area contributed by atoms with Crippen molar-refractivity contribution in [3.05, 3.63) is 17.5 Å². The van der Waals surface area contributed by atoms with Crippen molar-refractivity contribution in [3.8, 4) is 0 Å². The molecule has 5 heteroatoms. The Morgan fingerprint density at radius 1 is 1.35 bits per heavy atom. The third kappa shape index (κ3) is 3.30. The molecule has 0 bridgehead atoms. The maximum Gasteiger partial charge on any atom is 0.148 e. The van der Waals surface area contributed by atoms with Crippen molar-refractivity contribution in [1.82, 2.24) is 9.97 Å². The number of aliphatic hydroxyl groups excluding tert-OH is 1. The minimum Gasteiger partial charge on any atom is -0.396 e. The van der Waals surface area contributed by atoms with Crippen LogP contribution in [0.25, 0.3) is 0 Å². The zero-order valence-electron chi connectivity index (χ0n) is 9.77. The number of rotatable bonds is 4. The molecule has 2 rings (SSSR count). The number of hydrogen-bond acceptors (Lipinski definition) is 4. The number of hydrogen-bond donors (Lipinski definition) is 2. The first-order valence-corrected chi connectivity index (χ1v) is 6.49. The molecule has 94 valence electrons. The van der Waals surface area contributed by atoms with Crippen molar-refractivity contribution < 1.29 is 5.11 Å². The van der Waals surface area contributed by atoms with Crippen LogP contribution in [-0.4, -0.2) is 28.2 Å². The van der Waals surface area contributed by atoms with E-state index in [1.807, 2.05) is 0 Å². The van der Waals surface area contributed by atoms with Crippen LogP contribution >= 0.6 is 11.6 Å². The highest BCUT2D eigenvalue weighted by Crippen LogP contribution is 2.30. The third-order valence-corrected chi connectivity index (χ3v) is 3.78. The lowest BCUT2D eigenvalue weighted by atomic mass is 9.79. The highest BCUT2D eigenvalue weighted by atomic mass is 35.5. The molecule has 1 aromatic heterocycles. The SMILES string of the molecule is OCC1CCCCC1CNc1ncncc1Cl. The summed E-state index contributed by atoms with van der Waals surface area (Å²) < 4.78 is 0. The van der Waals surface area contributed by atoms with Crippen molar-refractivity contribution in [3.63, 3.8) is 0 Å². The number of aromatic nitrogens is 2. The maximum atomic E-state index is 9.33. The molecule has 2 unspecified atom stereocenters. The molecule has 0 aliphatic heterocycles. The zero-order valence-corrected chi connectivity index (χ0v) is 10.5. The highest BCUT2D eigenvalue weighted by Gasteiger charge is 2.24. The van der Waals surface area contributed by atoms with E-state index in [9.17, 15) is 5.11 Å². The topological polar surface area (TPSA) is 58.0 Å². The quantitative estimate of drug-likeness (QED) is 0.867. The highest BCUT2D eigenvalue weighted by molar-refractivity contribution is 6.32. The molecule has 4 nitrogen and oxygen atoms in total. The van der Waals surface area contributed by atoms with Gasteiger partial charge in [-0.15, -0.1) is 0 Å². The number of halogens is 1. The normalized spacial score (nSPS) is 24.6. The molecular formula is C12H18ClN3O. The van der Waals surface area contributed by atoms with Crippen LogP contribution in [0.15, 0.2) is 12.5 Å². The molecule has 0 aromatic carbocycles. The van der Waals surface area contributed by atoms with Crippen molar-refractivity contribution in [1.29, 1.82) is 0 Å². The summed E-state index contributed by atoms with van der Waals surface area (Å²) >= 11 is 5.98. The van der Waals surface area contributed by atoms with Crippen LogP contribution in [-0.2, 0) is 0 Å². The molecule has 0 spiro atoms. The van der Waals surface area contributed by atoms with Gasteiger partial charge < -0.3 is 10.4 Å². The molecule has 0 radical (unpaired) electrons. The van der Waals surface area contributed by atoms with E-state index < -0.39 is 0 Å². The summed E-state index contributed by atoms with van der Waals surface area (Å²) in [4.78, 5) is 7.94. The minimum absolute atomic E-state index is 0.282. The predicted octanol–water partition coefficient (Wildman–Crippen LogP) is 2.34. The van der Waals surface area contributed by atoms with E-state index in [4.69, 9.17) is 11.6 Å². The molecule has 2 atom stereocenters. The zero-order chi connectivity index (χ0) is 12.1. The first kappa shape index (κ1) is 12.6. The summed E-state index contributed by atoms with van der Waals surface area (Å²) in [5, 5.41) is 13.1. The van der Waals surface area contributed by atoms with Gasteiger partial charge in [-0.05, 0) is 24.7 Å². The van der Waals surface area contributed by atoms with Gasteiger partial charge in [0.25, 0.3) is 0 Å². The van der Waals surface area contributed by atoms with Gasteiger partial charge in [0.2, 0.25) is 0 Å². The fraction of sp³-hybridized carbons (Fsp3) is 0.667. The van der Waals surface area contributed by atoms with Gasteiger partial charge >= 0.3 is 0 Å². The Hall–Kier alpha value is -0.870. The largest absolute Gasteiger partial charge is 0.396 e. The van der Waals surface area contributed by atoms with Gasteiger partial charge in [0.1, 0.15) is 17.2 Å². The predicted molar refractivity (Wildman–Crippen MR) is 68.1 cm³/mol. The number of nitrogens with zero attached hydrogens (tertiary/aromatic N) is 2. The summed E-state index contributed by atoms with van der Waals surface area (Å²) in [6.45, 7) is 1.10. The van der Waals surface area contributed by atoms with Crippen LogP contribution in [0.2, 0.25) is 5.02 Å². The Bertz CT molecular complexity index is 361. The lowest BCUT2D eigenvalue weighted by Gasteiger charge is -2.30. The molecule has 17 heavy (non-hydrogen) atoms. The summed E-state index contributed by atoms with van der Waals surface area (Å²) in [6.07, 6.45) is 7.84. The van der Waals surface area contributed by atoms with Crippen LogP contribution in [0.1, 0.15) is 25.7 Å². The smallest absolute Gasteiger partial charge is 0.148 e. The Balaban J connectivity index is 1.90. The van der Waals surface area contributed by atoms with Gasteiger partial charge in [0.05, 0.1) is 6.20 Å². The second-order valence-electron chi connectivity index (χ2n) is 4.59. The van der Waals surface area contributed by atoms with Crippen molar-refractivity contribution in [2.45, 2.75) is 25.7 Å². The average molecular weight is 256 g/mol. The number of anilines is 1. The lowest BCUT2D eigenvalue weighted by molar-refractivity contribution is 0.141. The van der Waals surface area contributed by atoms with Gasteiger partial charge in [-0.25, -0.2) is 9.97 Å². The Kier molecular flexibility index (Phi) is 4.57. The van der Waals surface area contributed by atoms with Gasteiger partial charge in [0.15, 0.2) is 0 Å². The second-order valence-corrected chi connectivity index (χ2v) is 4.99. The summed E-state index contributed by atoms with van der Waals surface area (Å²) in [6, 6.07) is 0. The van der Waals surface area contributed by atoms with Gasteiger partial charge in [0, 0.05) is 13.2 Å². The second kappa shape index (κ2) is 6.17. The van der Waals surface area contributed by atoms with E-state index in [0.717, 1.165) is 13.0 Å². The molecule has 1 fully saturated rings. The molecule has 1 aromatic rings. The maximum absolute atomic E-state index is 9.33. The first-order valence-electron chi connectivity index (χ1n) is 6.11.